The van der Waals surface area contributed by atoms with E-state index in [4.69, 9.17) is 0 Å². The van der Waals surface area contributed by atoms with Gasteiger partial charge in [-0.1, -0.05) is 32.0 Å². The van der Waals surface area contributed by atoms with Gasteiger partial charge >= 0.3 is 0 Å². The average Bonchev–Trinajstić information content (AvgIpc) is 2.17. The highest BCUT2D eigenvalue weighted by atomic mass is 32.2. The third-order valence-electron chi connectivity index (χ3n) is 2.68. The zero-order valence-electron chi connectivity index (χ0n) is 8.49. The molecule has 1 heterocycles. The second kappa shape index (κ2) is 3.83. The lowest BCUT2D eigenvalue weighted by Crippen LogP contribution is -2.40. The van der Waals surface area contributed by atoms with Crippen molar-refractivity contribution in [2.75, 3.05) is 0 Å². The van der Waals surface area contributed by atoms with Crippen molar-refractivity contribution in [1.29, 1.82) is 0 Å². The van der Waals surface area contributed by atoms with Gasteiger partial charge in [0.15, 0.2) is 0 Å². The Morgan fingerprint density at radius 2 is 2.14 bits per heavy atom. The summed E-state index contributed by atoms with van der Waals surface area (Å²) >= 11 is 0. The number of hydrogen-bond donors (Lipinski definition) is 1. The molecule has 2 unspecified atom stereocenters. The van der Waals surface area contributed by atoms with Crippen LogP contribution in [-0.4, -0.2) is 10.3 Å². The standard InChI is InChI=1S/C11H15NOS/c1-8(2)10-7-9-5-3-4-6-11(9)14(13)12-10/h3-6,8,10,12H,7H2,1-2H3. The van der Waals surface area contributed by atoms with E-state index in [0.29, 0.717) is 12.0 Å². The number of rotatable bonds is 1. The monoisotopic (exact) mass is 209 g/mol. The topological polar surface area (TPSA) is 29.1 Å². The minimum atomic E-state index is -1.02. The van der Waals surface area contributed by atoms with E-state index in [1.54, 1.807) is 0 Å². The maximum absolute atomic E-state index is 11.8. The molecule has 0 saturated heterocycles. The van der Waals surface area contributed by atoms with Crippen molar-refractivity contribution >= 4 is 11.0 Å². The first-order chi connectivity index (χ1) is 6.68. The van der Waals surface area contributed by atoms with Gasteiger partial charge in [0.2, 0.25) is 0 Å². The maximum Gasteiger partial charge on any atom is 0.125 e. The van der Waals surface area contributed by atoms with E-state index in [1.807, 2.05) is 18.2 Å². The fraction of sp³-hybridized carbons (Fsp3) is 0.455. The van der Waals surface area contributed by atoms with Crippen LogP contribution in [-0.2, 0) is 17.4 Å². The molecule has 0 fully saturated rings. The summed E-state index contributed by atoms with van der Waals surface area (Å²) in [5, 5.41) is 0. The Hall–Kier alpha value is -0.670. The molecule has 1 aromatic carbocycles. The summed E-state index contributed by atoms with van der Waals surface area (Å²) in [6.45, 7) is 4.31. The largest absolute Gasteiger partial charge is 0.237 e. The normalized spacial score (nSPS) is 26.2. The summed E-state index contributed by atoms with van der Waals surface area (Å²) in [7, 11) is -1.02. The van der Waals surface area contributed by atoms with Gasteiger partial charge in [-0.25, -0.2) is 8.93 Å². The quantitative estimate of drug-likeness (QED) is 0.751. The molecule has 1 aliphatic rings. The van der Waals surface area contributed by atoms with Gasteiger partial charge in [-0.3, -0.25) is 0 Å². The highest BCUT2D eigenvalue weighted by molar-refractivity contribution is 7.83. The van der Waals surface area contributed by atoms with E-state index < -0.39 is 11.0 Å². The molecule has 0 amide bonds. The highest BCUT2D eigenvalue weighted by Crippen LogP contribution is 2.22. The minimum absolute atomic E-state index is 0.339. The molecule has 0 aromatic heterocycles. The van der Waals surface area contributed by atoms with E-state index in [-0.39, 0.29) is 0 Å². The summed E-state index contributed by atoms with van der Waals surface area (Å²) < 4.78 is 14.9. The van der Waals surface area contributed by atoms with Crippen LogP contribution in [0.5, 0.6) is 0 Å². The Labute approximate surface area is 87.3 Å². The summed E-state index contributed by atoms with van der Waals surface area (Å²) in [4.78, 5) is 0.949. The fourth-order valence-electron chi connectivity index (χ4n) is 1.70. The van der Waals surface area contributed by atoms with Crippen LogP contribution in [0.25, 0.3) is 0 Å². The predicted molar refractivity (Wildman–Crippen MR) is 58.3 cm³/mol. The number of nitrogens with one attached hydrogen (secondary N) is 1. The second-order valence-corrected chi connectivity index (χ2v) is 5.26. The summed E-state index contributed by atoms with van der Waals surface area (Å²) in [5.41, 5.74) is 1.23. The summed E-state index contributed by atoms with van der Waals surface area (Å²) in [6.07, 6.45) is 0.986. The van der Waals surface area contributed by atoms with Crippen molar-refractivity contribution < 1.29 is 4.21 Å². The van der Waals surface area contributed by atoms with Gasteiger partial charge < -0.3 is 0 Å². The molecule has 0 spiro atoms. The van der Waals surface area contributed by atoms with E-state index in [0.717, 1.165) is 11.3 Å². The fourth-order valence-corrected chi connectivity index (χ4v) is 3.05. The Morgan fingerprint density at radius 3 is 2.86 bits per heavy atom. The number of hydrogen-bond acceptors (Lipinski definition) is 1. The Morgan fingerprint density at radius 1 is 1.43 bits per heavy atom. The minimum Gasteiger partial charge on any atom is -0.237 e. The van der Waals surface area contributed by atoms with Crippen molar-refractivity contribution in [1.82, 2.24) is 4.72 Å². The van der Waals surface area contributed by atoms with Gasteiger partial charge in [0.05, 0.1) is 4.90 Å². The number of fused-ring (bicyclic) bond motifs is 1. The third kappa shape index (κ3) is 1.74. The predicted octanol–water partition coefficient (Wildman–Crippen LogP) is 1.88. The van der Waals surface area contributed by atoms with Crippen LogP contribution in [0.3, 0.4) is 0 Å². The third-order valence-corrected chi connectivity index (χ3v) is 3.99. The van der Waals surface area contributed by atoms with Gasteiger partial charge in [-0.15, -0.1) is 0 Å². The molecule has 0 radical (unpaired) electrons. The molecule has 1 aromatic rings. The lowest BCUT2D eigenvalue weighted by molar-refractivity contribution is 0.447. The number of benzene rings is 1. The van der Waals surface area contributed by atoms with Gasteiger partial charge in [-0.2, -0.15) is 0 Å². The van der Waals surface area contributed by atoms with Crippen LogP contribution in [0.4, 0.5) is 0 Å². The van der Waals surface area contributed by atoms with Crippen molar-refractivity contribution in [3.63, 3.8) is 0 Å². The molecule has 14 heavy (non-hydrogen) atoms. The van der Waals surface area contributed by atoms with Crippen molar-refractivity contribution in [3.8, 4) is 0 Å². The van der Waals surface area contributed by atoms with E-state index in [1.165, 1.54) is 5.56 Å². The SMILES string of the molecule is CC(C)C1Cc2ccccc2S(=O)N1. The molecule has 2 nitrogen and oxygen atoms in total. The average molecular weight is 209 g/mol. The van der Waals surface area contributed by atoms with Crippen molar-refractivity contribution in [2.24, 2.45) is 5.92 Å². The lowest BCUT2D eigenvalue weighted by atomic mass is 9.97. The Bertz CT molecular complexity index is 362. The van der Waals surface area contributed by atoms with Crippen LogP contribution >= 0.6 is 0 Å². The first kappa shape index (κ1) is 9.87. The zero-order chi connectivity index (χ0) is 10.1. The molecule has 0 saturated carbocycles. The molecule has 2 atom stereocenters. The molecule has 1 N–H and O–H groups in total. The van der Waals surface area contributed by atoms with E-state index >= 15 is 0 Å². The molecule has 2 rings (SSSR count). The first-order valence-electron chi connectivity index (χ1n) is 4.94. The molecular formula is C11H15NOS. The highest BCUT2D eigenvalue weighted by Gasteiger charge is 2.24. The Kier molecular flexibility index (Phi) is 2.70. The zero-order valence-corrected chi connectivity index (χ0v) is 9.30. The summed E-state index contributed by atoms with van der Waals surface area (Å²) in [5.74, 6) is 0.521. The molecular weight excluding hydrogens is 194 g/mol. The van der Waals surface area contributed by atoms with Crippen LogP contribution in [0, 0.1) is 5.92 Å². The van der Waals surface area contributed by atoms with Gasteiger partial charge in [-0.05, 0) is 24.0 Å². The second-order valence-electron chi connectivity index (χ2n) is 4.05. The van der Waals surface area contributed by atoms with Crippen LogP contribution in [0.2, 0.25) is 0 Å². The molecule has 76 valence electrons. The molecule has 3 heteroatoms. The molecule has 0 aliphatic carbocycles. The smallest absolute Gasteiger partial charge is 0.125 e. The summed E-state index contributed by atoms with van der Waals surface area (Å²) in [6, 6.07) is 8.30. The first-order valence-corrected chi connectivity index (χ1v) is 6.09. The molecule has 1 aliphatic heterocycles. The van der Waals surface area contributed by atoms with Crippen LogP contribution in [0.1, 0.15) is 19.4 Å². The van der Waals surface area contributed by atoms with Gasteiger partial charge in [0.1, 0.15) is 11.0 Å². The van der Waals surface area contributed by atoms with Crippen LogP contribution in [0.15, 0.2) is 29.2 Å². The van der Waals surface area contributed by atoms with Crippen molar-refractivity contribution in [2.45, 2.75) is 31.2 Å². The molecule has 0 bridgehead atoms. The van der Waals surface area contributed by atoms with E-state index in [2.05, 4.69) is 24.6 Å². The van der Waals surface area contributed by atoms with E-state index in [9.17, 15) is 4.21 Å². The Balaban J connectivity index is 2.33. The van der Waals surface area contributed by atoms with Gasteiger partial charge in [0.25, 0.3) is 0 Å². The van der Waals surface area contributed by atoms with Gasteiger partial charge in [0, 0.05) is 6.04 Å². The van der Waals surface area contributed by atoms with Crippen molar-refractivity contribution in [3.05, 3.63) is 29.8 Å². The van der Waals surface area contributed by atoms with Crippen LogP contribution < -0.4 is 4.72 Å². The maximum atomic E-state index is 11.8. The lowest BCUT2D eigenvalue weighted by Gasteiger charge is -2.27.